The molecule has 1 heterocycles. The van der Waals surface area contributed by atoms with Crippen LogP contribution in [0.5, 0.6) is 0 Å². The number of hydrogen-bond acceptors (Lipinski definition) is 4. The molecule has 0 unspecified atom stereocenters. The van der Waals surface area contributed by atoms with Crippen molar-refractivity contribution in [1.82, 2.24) is 4.90 Å². The van der Waals surface area contributed by atoms with Crippen molar-refractivity contribution in [2.45, 2.75) is 13.5 Å². The Morgan fingerprint density at radius 3 is 2.56 bits per heavy atom. The summed E-state index contributed by atoms with van der Waals surface area (Å²) in [6.45, 7) is 6.05. The van der Waals surface area contributed by atoms with Gasteiger partial charge in [-0.15, -0.1) is 0 Å². The minimum absolute atomic E-state index is 0.374. The van der Waals surface area contributed by atoms with Gasteiger partial charge in [0.2, 0.25) is 0 Å². The van der Waals surface area contributed by atoms with E-state index in [0.29, 0.717) is 11.1 Å². The summed E-state index contributed by atoms with van der Waals surface area (Å²) in [5.74, 6) is -0.878. The average Bonchev–Trinajstić information content (AvgIpc) is 2.63. The summed E-state index contributed by atoms with van der Waals surface area (Å²) in [6.07, 6.45) is 0. The number of carbonyl (C=O) groups is 1. The summed E-state index contributed by atoms with van der Waals surface area (Å²) in [5.41, 5.74) is 3.89. The van der Waals surface area contributed by atoms with Crippen molar-refractivity contribution in [3.8, 4) is 6.07 Å². The predicted molar refractivity (Wildman–Crippen MR) is 96.8 cm³/mol. The van der Waals surface area contributed by atoms with Gasteiger partial charge in [-0.05, 0) is 36.2 Å². The molecule has 0 amide bonds. The molecule has 1 aliphatic rings. The number of carboxylic acid groups (broad SMARTS) is 1. The number of nitriles is 1. The van der Waals surface area contributed by atoms with Crippen LogP contribution < -0.4 is 4.90 Å². The fourth-order valence-electron chi connectivity index (χ4n) is 3.25. The number of carboxylic acids is 1. The average molecular weight is 335 g/mol. The third-order valence-electron chi connectivity index (χ3n) is 4.68. The van der Waals surface area contributed by atoms with Gasteiger partial charge < -0.3 is 10.0 Å². The number of anilines is 1. The number of hydrogen-bond donors (Lipinski definition) is 1. The maximum Gasteiger partial charge on any atom is 0.335 e. The highest BCUT2D eigenvalue weighted by atomic mass is 16.4. The number of aromatic carboxylic acids is 1. The first kappa shape index (κ1) is 17.0. The Labute approximate surface area is 147 Å². The lowest BCUT2D eigenvalue weighted by molar-refractivity contribution is 0.0696. The van der Waals surface area contributed by atoms with Gasteiger partial charge in [0.05, 0.1) is 16.8 Å². The van der Waals surface area contributed by atoms with Gasteiger partial charge in [0.15, 0.2) is 0 Å². The van der Waals surface area contributed by atoms with Crippen LogP contribution in [0.2, 0.25) is 0 Å². The SMILES string of the molecule is Cc1ccc(CN2CCN(c3ccccc3C#N)CC2)cc1C(=O)O. The Hall–Kier alpha value is -2.84. The molecule has 0 aromatic heterocycles. The van der Waals surface area contributed by atoms with E-state index in [0.717, 1.165) is 49.5 Å². The third kappa shape index (κ3) is 3.81. The second-order valence-corrected chi connectivity index (χ2v) is 6.35. The van der Waals surface area contributed by atoms with Crippen molar-refractivity contribution in [2.75, 3.05) is 31.1 Å². The van der Waals surface area contributed by atoms with Crippen LogP contribution in [0.1, 0.15) is 27.0 Å². The molecule has 0 radical (unpaired) electrons. The van der Waals surface area contributed by atoms with Gasteiger partial charge >= 0.3 is 5.97 Å². The van der Waals surface area contributed by atoms with Gasteiger partial charge in [0, 0.05) is 32.7 Å². The second kappa shape index (κ2) is 7.37. The minimum atomic E-state index is -0.878. The molecule has 1 fully saturated rings. The molecule has 5 nitrogen and oxygen atoms in total. The smallest absolute Gasteiger partial charge is 0.335 e. The number of nitrogens with zero attached hydrogens (tertiary/aromatic N) is 3. The quantitative estimate of drug-likeness (QED) is 0.930. The fourth-order valence-corrected chi connectivity index (χ4v) is 3.25. The van der Waals surface area contributed by atoms with E-state index in [4.69, 9.17) is 0 Å². The van der Waals surface area contributed by atoms with Crippen molar-refractivity contribution in [3.63, 3.8) is 0 Å². The lowest BCUT2D eigenvalue weighted by atomic mass is 10.0. The molecule has 1 N–H and O–H groups in total. The Morgan fingerprint density at radius 2 is 1.88 bits per heavy atom. The fraction of sp³-hybridized carbons (Fsp3) is 0.300. The molecule has 25 heavy (non-hydrogen) atoms. The third-order valence-corrected chi connectivity index (χ3v) is 4.68. The van der Waals surface area contributed by atoms with Crippen molar-refractivity contribution >= 4 is 11.7 Å². The Kier molecular flexibility index (Phi) is 5.01. The van der Waals surface area contributed by atoms with Gasteiger partial charge in [-0.2, -0.15) is 5.26 Å². The molecule has 1 saturated heterocycles. The van der Waals surface area contributed by atoms with Crippen LogP contribution in [0.3, 0.4) is 0 Å². The molecule has 0 bridgehead atoms. The maximum absolute atomic E-state index is 11.3. The number of piperazine rings is 1. The summed E-state index contributed by atoms with van der Waals surface area (Å²) < 4.78 is 0. The molecule has 5 heteroatoms. The highest BCUT2D eigenvalue weighted by Gasteiger charge is 2.19. The Balaban J connectivity index is 1.64. The first-order chi connectivity index (χ1) is 12.1. The zero-order valence-electron chi connectivity index (χ0n) is 14.3. The van der Waals surface area contributed by atoms with Gasteiger partial charge in [-0.3, -0.25) is 4.90 Å². The molecule has 1 aliphatic heterocycles. The summed E-state index contributed by atoms with van der Waals surface area (Å²) in [7, 11) is 0. The Bertz CT molecular complexity index is 818. The molecular formula is C20H21N3O2. The van der Waals surface area contributed by atoms with Crippen LogP contribution in [0.25, 0.3) is 0 Å². The molecule has 3 rings (SSSR count). The molecule has 128 valence electrons. The van der Waals surface area contributed by atoms with Crippen LogP contribution in [0, 0.1) is 18.3 Å². The highest BCUT2D eigenvalue weighted by molar-refractivity contribution is 5.89. The molecule has 0 atom stereocenters. The van der Waals surface area contributed by atoms with Crippen molar-refractivity contribution < 1.29 is 9.90 Å². The van der Waals surface area contributed by atoms with Gasteiger partial charge in [-0.1, -0.05) is 24.3 Å². The topological polar surface area (TPSA) is 67.6 Å². The van der Waals surface area contributed by atoms with Crippen LogP contribution in [0.4, 0.5) is 5.69 Å². The normalized spacial score (nSPS) is 15.0. The lowest BCUT2D eigenvalue weighted by Crippen LogP contribution is -2.46. The van der Waals surface area contributed by atoms with Crippen molar-refractivity contribution in [2.24, 2.45) is 0 Å². The van der Waals surface area contributed by atoms with E-state index in [1.807, 2.05) is 43.3 Å². The van der Waals surface area contributed by atoms with Gasteiger partial charge in [0.1, 0.15) is 6.07 Å². The number of rotatable bonds is 4. The van der Waals surface area contributed by atoms with E-state index in [-0.39, 0.29) is 0 Å². The van der Waals surface area contributed by atoms with E-state index in [9.17, 15) is 15.2 Å². The minimum Gasteiger partial charge on any atom is -0.478 e. The summed E-state index contributed by atoms with van der Waals surface area (Å²) in [6, 6.07) is 15.6. The maximum atomic E-state index is 11.3. The van der Waals surface area contributed by atoms with Crippen LogP contribution in [-0.4, -0.2) is 42.2 Å². The van der Waals surface area contributed by atoms with Gasteiger partial charge in [0.25, 0.3) is 0 Å². The van der Waals surface area contributed by atoms with E-state index in [1.54, 1.807) is 6.07 Å². The predicted octanol–water partition coefficient (Wildman–Crippen LogP) is 2.89. The molecule has 0 spiro atoms. The Morgan fingerprint density at radius 1 is 1.16 bits per heavy atom. The van der Waals surface area contributed by atoms with Crippen LogP contribution in [0.15, 0.2) is 42.5 Å². The van der Waals surface area contributed by atoms with E-state index < -0.39 is 5.97 Å². The zero-order valence-corrected chi connectivity index (χ0v) is 14.3. The lowest BCUT2D eigenvalue weighted by Gasteiger charge is -2.36. The monoisotopic (exact) mass is 335 g/mol. The first-order valence-corrected chi connectivity index (χ1v) is 8.38. The molecule has 0 aliphatic carbocycles. The van der Waals surface area contributed by atoms with Crippen molar-refractivity contribution in [1.29, 1.82) is 5.26 Å². The molecule has 0 saturated carbocycles. The van der Waals surface area contributed by atoms with E-state index >= 15 is 0 Å². The standard InChI is InChI=1S/C20H21N3O2/c1-15-6-7-16(12-18(15)20(24)25)14-22-8-10-23(11-9-22)19-5-3-2-4-17(19)13-21/h2-7,12H,8-11,14H2,1H3,(H,24,25). The number of benzene rings is 2. The van der Waals surface area contributed by atoms with Crippen LogP contribution >= 0.6 is 0 Å². The van der Waals surface area contributed by atoms with Crippen molar-refractivity contribution in [3.05, 3.63) is 64.7 Å². The zero-order chi connectivity index (χ0) is 17.8. The van der Waals surface area contributed by atoms with Gasteiger partial charge in [-0.25, -0.2) is 4.79 Å². The summed E-state index contributed by atoms with van der Waals surface area (Å²) in [5, 5.41) is 18.5. The number of para-hydroxylation sites is 1. The second-order valence-electron chi connectivity index (χ2n) is 6.35. The summed E-state index contributed by atoms with van der Waals surface area (Å²) >= 11 is 0. The molecule has 2 aromatic carbocycles. The largest absolute Gasteiger partial charge is 0.478 e. The van der Waals surface area contributed by atoms with E-state index in [2.05, 4.69) is 15.9 Å². The highest BCUT2D eigenvalue weighted by Crippen LogP contribution is 2.22. The molecular weight excluding hydrogens is 314 g/mol. The van der Waals surface area contributed by atoms with Crippen LogP contribution in [-0.2, 0) is 6.54 Å². The molecule has 2 aromatic rings. The number of aryl methyl sites for hydroxylation is 1. The summed E-state index contributed by atoms with van der Waals surface area (Å²) in [4.78, 5) is 15.8. The van der Waals surface area contributed by atoms with E-state index in [1.165, 1.54) is 0 Å². The first-order valence-electron chi connectivity index (χ1n) is 8.38.